The number of aliphatic hydroxyl groups is 1. The lowest BCUT2D eigenvalue weighted by Gasteiger charge is -2.36. The highest BCUT2D eigenvalue weighted by atomic mass is 32.2. The van der Waals surface area contributed by atoms with Crippen molar-refractivity contribution in [2.75, 3.05) is 32.9 Å². The van der Waals surface area contributed by atoms with E-state index in [1.54, 1.807) is 0 Å². The Morgan fingerprint density at radius 3 is 2.83 bits per heavy atom. The van der Waals surface area contributed by atoms with E-state index in [2.05, 4.69) is 4.98 Å². The van der Waals surface area contributed by atoms with E-state index in [0.29, 0.717) is 13.0 Å². The van der Waals surface area contributed by atoms with Crippen LogP contribution in [-0.4, -0.2) is 55.7 Å². The molecule has 0 saturated carbocycles. The largest absolute Gasteiger partial charge is 0.434 e. The van der Waals surface area contributed by atoms with Crippen molar-refractivity contribution in [3.63, 3.8) is 0 Å². The van der Waals surface area contributed by atoms with Crippen LogP contribution in [-0.2, 0) is 20.9 Å². The molecule has 3 heterocycles. The Bertz CT molecular complexity index is 725. The fourth-order valence-electron chi connectivity index (χ4n) is 3.39. The first-order chi connectivity index (χ1) is 11.2. The summed E-state index contributed by atoms with van der Waals surface area (Å²) in [6.07, 6.45) is -3.48. The summed E-state index contributed by atoms with van der Waals surface area (Å²) in [6, 6.07) is 2.07. The van der Waals surface area contributed by atoms with E-state index in [0.717, 1.165) is 22.6 Å². The van der Waals surface area contributed by atoms with Crippen LogP contribution in [0.5, 0.6) is 0 Å². The Morgan fingerprint density at radius 1 is 1.46 bits per heavy atom. The molecule has 0 spiro atoms. The smallest absolute Gasteiger partial charge is 0.396 e. The van der Waals surface area contributed by atoms with E-state index in [1.807, 2.05) is 0 Å². The Labute approximate surface area is 137 Å². The highest BCUT2D eigenvalue weighted by Crippen LogP contribution is 2.44. The van der Waals surface area contributed by atoms with Gasteiger partial charge in [0.15, 0.2) is 5.69 Å². The quantitative estimate of drug-likeness (QED) is 0.867. The molecule has 10 heteroatoms. The van der Waals surface area contributed by atoms with Crippen molar-refractivity contribution in [1.29, 1.82) is 0 Å². The topological polar surface area (TPSA) is 79.7 Å². The van der Waals surface area contributed by atoms with Gasteiger partial charge in [-0.3, -0.25) is 4.98 Å². The number of aliphatic hydroxyl groups excluding tert-OH is 1. The first kappa shape index (κ1) is 17.6. The summed E-state index contributed by atoms with van der Waals surface area (Å²) < 4.78 is 71.2. The molecule has 24 heavy (non-hydrogen) atoms. The maximum atomic E-state index is 13.1. The summed E-state index contributed by atoms with van der Waals surface area (Å²) in [5.41, 5.74) is -2.08. The van der Waals surface area contributed by atoms with Crippen LogP contribution < -0.4 is 0 Å². The van der Waals surface area contributed by atoms with Crippen molar-refractivity contribution in [1.82, 2.24) is 9.29 Å². The third-order valence-corrected chi connectivity index (χ3v) is 6.66. The molecule has 0 radical (unpaired) electrons. The minimum Gasteiger partial charge on any atom is -0.396 e. The first-order valence-corrected chi connectivity index (χ1v) is 8.86. The standard InChI is InChI=1S/C14H17F3N2O4S/c15-14(16,17)12-11(2-1-4-18-12)24(21,22)19-6-10-7-23-5-3-13(10,8-19)9-20/h1-2,4,10,20H,3,5-9H2/t10-,13-/m1/s1. The molecule has 0 amide bonds. The number of sulfonamides is 1. The predicted octanol–water partition coefficient (Wildman–Crippen LogP) is 1.12. The second kappa shape index (κ2) is 5.94. The van der Waals surface area contributed by atoms with Crippen LogP contribution in [0.4, 0.5) is 13.2 Å². The monoisotopic (exact) mass is 366 g/mol. The first-order valence-electron chi connectivity index (χ1n) is 7.42. The molecular formula is C14H17F3N2O4S. The number of ether oxygens (including phenoxy) is 1. The van der Waals surface area contributed by atoms with Gasteiger partial charge in [-0.05, 0) is 18.6 Å². The molecule has 2 saturated heterocycles. The minimum atomic E-state index is -4.87. The maximum Gasteiger partial charge on any atom is 0.434 e. The van der Waals surface area contributed by atoms with Gasteiger partial charge in [0.2, 0.25) is 10.0 Å². The Kier molecular flexibility index (Phi) is 4.35. The zero-order valence-corrected chi connectivity index (χ0v) is 13.5. The van der Waals surface area contributed by atoms with Gasteiger partial charge in [0, 0.05) is 37.2 Å². The minimum absolute atomic E-state index is 0.0218. The summed E-state index contributed by atoms with van der Waals surface area (Å²) in [4.78, 5) is 2.35. The van der Waals surface area contributed by atoms with Crippen molar-refractivity contribution in [2.24, 2.45) is 11.3 Å². The van der Waals surface area contributed by atoms with Gasteiger partial charge < -0.3 is 9.84 Å². The highest BCUT2D eigenvalue weighted by molar-refractivity contribution is 7.89. The molecule has 1 aromatic rings. The van der Waals surface area contributed by atoms with E-state index in [9.17, 15) is 26.7 Å². The fourth-order valence-corrected chi connectivity index (χ4v) is 5.13. The van der Waals surface area contributed by atoms with Crippen LogP contribution in [0.25, 0.3) is 0 Å². The van der Waals surface area contributed by atoms with Gasteiger partial charge in [0.05, 0.1) is 13.2 Å². The number of alkyl halides is 3. The number of halogens is 3. The van der Waals surface area contributed by atoms with Gasteiger partial charge in [-0.1, -0.05) is 0 Å². The lowest BCUT2D eigenvalue weighted by Crippen LogP contribution is -2.41. The summed E-state index contributed by atoms with van der Waals surface area (Å²) >= 11 is 0. The number of fused-ring (bicyclic) bond motifs is 1. The molecular weight excluding hydrogens is 349 g/mol. The second-order valence-electron chi connectivity index (χ2n) is 6.19. The van der Waals surface area contributed by atoms with Crippen LogP contribution in [0.1, 0.15) is 12.1 Å². The maximum absolute atomic E-state index is 13.1. The Balaban J connectivity index is 1.99. The molecule has 3 rings (SSSR count). The summed E-state index contributed by atoms with van der Waals surface area (Å²) in [5.74, 6) is -0.239. The molecule has 2 aliphatic rings. The summed E-state index contributed by atoms with van der Waals surface area (Å²) in [7, 11) is -4.37. The number of hydrogen-bond acceptors (Lipinski definition) is 5. The van der Waals surface area contributed by atoms with Crippen molar-refractivity contribution >= 4 is 10.0 Å². The highest BCUT2D eigenvalue weighted by Gasteiger charge is 2.52. The lowest BCUT2D eigenvalue weighted by atomic mass is 9.75. The van der Waals surface area contributed by atoms with E-state index < -0.39 is 32.2 Å². The summed E-state index contributed by atoms with van der Waals surface area (Å²) in [6.45, 7) is 0.449. The number of pyridine rings is 1. The number of nitrogens with zero attached hydrogens (tertiary/aromatic N) is 2. The molecule has 0 aromatic carbocycles. The lowest BCUT2D eigenvalue weighted by molar-refractivity contribution is -0.143. The van der Waals surface area contributed by atoms with Gasteiger partial charge in [-0.25, -0.2) is 8.42 Å². The third kappa shape index (κ3) is 2.81. The van der Waals surface area contributed by atoms with Crippen LogP contribution >= 0.6 is 0 Å². The SMILES string of the molecule is O=S(=O)(c1cccnc1C(F)(F)F)N1C[C@@H]2COCC[C@]2(CO)C1. The average molecular weight is 366 g/mol. The average Bonchev–Trinajstić information content (AvgIpc) is 2.95. The van der Waals surface area contributed by atoms with Crippen molar-refractivity contribution in [3.8, 4) is 0 Å². The zero-order valence-electron chi connectivity index (χ0n) is 12.7. The summed E-state index contributed by atoms with van der Waals surface area (Å²) in [5, 5.41) is 9.72. The predicted molar refractivity (Wildman–Crippen MR) is 76.4 cm³/mol. The fraction of sp³-hybridized carbons (Fsp3) is 0.643. The molecule has 0 bridgehead atoms. The molecule has 2 atom stereocenters. The molecule has 2 aliphatic heterocycles. The molecule has 1 N–H and O–H groups in total. The van der Waals surface area contributed by atoms with Crippen LogP contribution in [0, 0.1) is 11.3 Å². The molecule has 6 nitrogen and oxygen atoms in total. The molecule has 134 valence electrons. The van der Waals surface area contributed by atoms with Gasteiger partial charge in [0.1, 0.15) is 4.90 Å². The molecule has 1 aromatic heterocycles. The van der Waals surface area contributed by atoms with E-state index >= 15 is 0 Å². The zero-order chi connectivity index (χ0) is 17.6. The van der Waals surface area contributed by atoms with Gasteiger partial charge in [-0.15, -0.1) is 0 Å². The van der Waals surface area contributed by atoms with Crippen LogP contribution in [0.15, 0.2) is 23.2 Å². The van der Waals surface area contributed by atoms with Crippen molar-refractivity contribution in [2.45, 2.75) is 17.5 Å². The van der Waals surface area contributed by atoms with Gasteiger partial charge in [-0.2, -0.15) is 17.5 Å². The second-order valence-corrected chi connectivity index (χ2v) is 8.09. The van der Waals surface area contributed by atoms with E-state index in [4.69, 9.17) is 4.74 Å². The molecule has 2 fully saturated rings. The van der Waals surface area contributed by atoms with Crippen molar-refractivity contribution in [3.05, 3.63) is 24.0 Å². The van der Waals surface area contributed by atoms with E-state index in [-0.39, 0.29) is 32.2 Å². The van der Waals surface area contributed by atoms with Crippen molar-refractivity contribution < 1.29 is 31.4 Å². The van der Waals surface area contributed by atoms with Crippen LogP contribution in [0.2, 0.25) is 0 Å². The third-order valence-electron chi connectivity index (χ3n) is 4.82. The number of aromatic nitrogens is 1. The molecule has 0 aliphatic carbocycles. The number of rotatable bonds is 3. The normalized spacial score (nSPS) is 28.8. The molecule has 0 unspecified atom stereocenters. The number of hydrogen-bond donors (Lipinski definition) is 1. The van der Waals surface area contributed by atoms with Crippen LogP contribution in [0.3, 0.4) is 0 Å². The Hall–Kier alpha value is -1.23. The Morgan fingerprint density at radius 2 is 2.21 bits per heavy atom. The van der Waals surface area contributed by atoms with Gasteiger partial charge >= 0.3 is 6.18 Å². The van der Waals surface area contributed by atoms with Gasteiger partial charge in [0.25, 0.3) is 0 Å². The van der Waals surface area contributed by atoms with E-state index in [1.165, 1.54) is 0 Å².